The highest BCUT2D eigenvalue weighted by molar-refractivity contribution is 5.76. The monoisotopic (exact) mass is 182 g/mol. The zero-order valence-corrected chi connectivity index (χ0v) is 6.40. The van der Waals surface area contributed by atoms with Crippen molar-refractivity contribution in [3.8, 4) is 0 Å². The second-order valence-corrected chi connectivity index (χ2v) is 2.05. The van der Waals surface area contributed by atoms with Crippen molar-refractivity contribution in [3.05, 3.63) is 32.6 Å². The fourth-order valence-corrected chi connectivity index (χ4v) is 0.694. The van der Waals surface area contributed by atoms with E-state index in [9.17, 15) is 14.4 Å². The van der Waals surface area contributed by atoms with Crippen LogP contribution in [0.5, 0.6) is 0 Å². The van der Waals surface area contributed by atoms with Gasteiger partial charge in [0, 0.05) is 6.07 Å². The molecule has 0 saturated heterocycles. The number of hydrazone groups is 1. The number of aromatic nitrogens is 2. The van der Waals surface area contributed by atoms with Crippen molar-refractivity contribution in [3.63, 3.8) is 0 Å². The lowest BCUT2D eigenvalue weighted by molar-refractivity contribution is -0.109. The first-order chi connectivity index (χ1) is 6.22. The molecule has 1 rings (SSSR count). The van der Waals surface area contributed by atoms with E-state index in [1.165, 1.54) is 0 Å². The molecule has 0 fully saturated rings. The molecule has 3 N–H and O–H groups in total. The molecular formula is C6H6N4O3. The molecule has 0 spiro atoms. The van der Waals surface area contributed by atoms with E-state index in [4.69, 9.17) is 0 Å². The summed E-state index contributed by atoms with van der Waals surface area (Å²) in [5.74, 6) is 0. The standard InChI is InChI=1S/C6H6N4O3/c11-3-8-7-2-4-1-5(12)10-6(13)9-4/h1-3H,(H,8,11)(H2,9,10,12,13)/b7-2+. The van der Waals surface area contributed by atoms with Gasteiger partial charge in [0.15, 0.2) is 0 Å². The van der Waals surface area contributed by atoms with Crippen LogP contribution >= 0.6 is 0 Å². The maximum absolute atomic E-state index is 10.7. The molecule has 0 bridgehead atoms. The van der Waals surface area contributed by atoms with Crippen LogP contribution in [0.1, 0.15) is 5.69 Å². The highest BCUT2D eigenvalue weighted by Crippen LogP contribution is 1.75. The van der Waals surface area contributed by atoms with Gasteiger partial charge in [0.1, 0.15) is 0 Å². The Labute approximate surface area is 71.5 Å². The highest BCUT2D eigenvalue weighted by Gasteiger charge is 1.91. The lowest BCUT2D eigenvalue weighted by Crippen LogP contribution is -2.23. The van der Waals surface area contributed by atoms with Gasteiger partial charge in [-0.25, -0.2) is 10.2 Å². The Balaban J connectivity index is 2.95. The van der Waals surface area contributed by atoms with Gasteiger partial charge in [-0.3, -0.25) is 14.6 Å². The zero-order chi connectivity index (χ0) is 9.68. The van der Waals surface area contributed by atoms with Crippen LogP contribution in [0.25, 0.3) is 0 Å². The second-order valence-electron chi connectivity index (χ2n) is 2.05. The van der Waals surface area contributed by atoms with E-state index in [0.29, 0.717) is 6.41 Å². The number of carbonyl (C=O) groups excluding carboxylic acids is 1. The summed E-state index contributed by atoms with van der Waals surface area (Å²) < 4.78 is 0. The molecule has 7 heteroatoms. The molecule has 0 aliphatic carbocycles. The minimum atomic E-state index is -0.625. The van der Waals surface area contributed by atoms with Crippen LogP contribution in [0.15, 0.2) is 20.8 Å². The van der Waals surface area contributed by atoms with Gasteiger partial charge in [-0.15, -0.1) is 0 Å². The summed E-state index contributed by atoms with van der Waals surface area (Å²) in [5, 5.41) is 3.38. The number of H-pyrrole nitrogens is 2. The summed E-state index contributed by atoms with van der Waals surface area (Å²) in [6.07, 6.45) is 1.51. The first-order valence-corrected chi connectivity index (χ1v) is 3.28. The lowest BCUT2D eigenvalue weighted by atomic mass is 10.4. The molecule has 1 aromatic rings. The summed E-state index contributed by atoms with van der Waals surface area (Å²) in [7, 11) is 0. The van der Waals surface area contributed by atoms with Crippen molar-refractivity contribution >= 4 is 12.6 Å². The summed E-state index contributed by atoms with van der Waals surface area (Å²) in [6, 6.07) is 1.14. The molecule has 0 atom stereocenters. The molecule has 7 nitrogen and oxygen atoms in total. The molecule has 1 heterocycles. The third kappa shape index (κ3) is 2.73. The van der Waals surface area contributed by atoms with Crippen molar-refractivity contribution in [2.75, 3.05) is 0 Å². The average molecular weight is 182 g/mol. The van der Waals surface area contributed by atoms with Crippen molar-refractivity contribution in [2.24, 2.45) is 5.10 Å². The van der Waals surface area contributed by atoms with E-state index in [1.54, 1.807) is 0 Å². The van der Waals surface area contributed by atoms with E-state index in [1.807, 2.05) is 10.4 Å². The van der Waals surface area contributed by atoms with Gasteiger partial charge in [0.25, 0.3) is 5.56 Å². The zero-order valence-electron chi connectivity index (χ0n) is 6.40. The summed E-state index contributed by atoms with van der Waals surface area (Å²) in [6.45, 7) is 0. The molecule has 1 aromatic heterocycles. The summed E-state index contributed by atoms with van der Waals surface area (Å²) in [5.41, 5.74) is 1.05. The molecule has 0 aromatic carbocycles. The van der Waals surface area contributed by atoms with Crippen LogP contribution < -0.4 is 16.7 Å². The predicted molar refractivity (Wildman–Crippen MR) is 44.5 cm³/mol. The number of amides is 1. The van der Waals surface area contributed by atoms with E-state index in [2.05, 4.69) is 10.1 Å². The molecule has 0 unspecified atom stereocenters. The maximum atomic E-state index is 10.7. The van der Waals surface area contributed by atoms with Crippen LogP contribution in [0.3, 0.4) is 0 Å². The summed E-state index contributed by atoms with van der Waals surface area (Å²) in [4.78, 5) is 35.4. The largest absolute Gasteiger partial charge is 0.326 e. The number of hydrogen-bond acceptors (Lipinski definition) is 4. The molecule has 0 radical (unpaired) electrons. The predicted octanol–water partition coefficient (Wildman–Crippen LogP) is -1.86. The first-order valence-electron chi connectivity index (χ1n) is 3.28. The fourth-order valence-electron chi connectivity index (χ4n) is 0.694. The Hall–Kier alpha value is -2.18. The van der Waals surface area contributed by atoms with Crippen molar-refractivity contribution < 1.29 is 4.79 Å². The number of nitrogens with one attached hydrogen (secondary N) is 3. The number of nitrogens with zero attached hydrogens (tertiary/aromatic N) is 1. The van der Waals surface area contributed by atoms with Crippen LogP contribution in [0.4, 0.5) is 0 Å². The van der Waals surface area contributed by atoms with Gasteiger partial charge >= 0.3 is 5.69 Å². The van der Waals surface area contributed by atoms with E-state index in [-0.39, 0.29) is 5.69 Å². The minimum absolute atomic E-state index is 0.211. The first kappa shape index (κ1) is 8.91. The number of hydrogen-bond donors (Lipinski definition) is 3. The number of carbonyl (C=O) groups is 1. The third-order valence-electron chi connectivity index (χ3n) is 1.11. The van der Waals surface area contributed by atoms with Gasteiger partial charge in [-0.2, -0.15) is 5.10 Å². The minimum Gasteiger partial charge on any atom is -0.306 e. The average Bonchev–Trinajstić information content (AvgIpc) is 2.03. The Bertz CT molecular complexity index is 402. The van der Waals surface area contributed by atoms with E-state index >= 15 is 0 Å². The fraction of sp³-hybridized carbons (Fsp3) is 0. The molecule has 0 saturated carbocycles. The van der Waals surface area contributed by atoms with Crippen LogP contribution in [-0.4, -0.2) is 22.6 Å². The Kier molecular flexibility index (Phi) is 2.74. The van der Waals surface area contributed by atoms with Gasteiger partial charge in [0.05, 0.1) is 11.9 Å². The van der Waals surface area contributed by atoms with Gasteiger partial charge in [-0.1, -0.05) is 0 Å². The third-order valence-corrected chi connectivity index (χ3v) is 1.11. The van der Waals surface area contributed by atoms with Crippen molar-refractivity contribution in [2.45, 2.75) is 0 Å². The quantitative estimate of drug-likeness (QED) is 0.290. The molecular weight excluding hydrogens is 176 g/mol. The van der Waals surface area contributed by atoms with Crippen molar-refractivity contribution in [1.82, 2.24) is 15.4 Å². The van der Waals surface area contributed by atoms with Gasteiger partial charge in [-0.05, 0) is 0 Å². The Morgan fingerprint density at radius 2 is 2.15 bits per heavy atom. The highest BCUT2D eigenvalue weighted by atomic mass is 16.2. The Morgan fingerprint density at radius 1 is 1.38 bits per heavy atom. The lowest BCUT2D eigenvalue weighted by Gasteiger charge is -1.89. The van der Waals surface area contributed by atoms with Crippen LogP contribution in [0.2, 0.25) is 0 Å². The molecule has 13 heavy (non-hydrogen) atoms. The second kappa shape index (κ2) is 4.00. The molecule has 1 amide bonds. The normalized spacial score (nSPS) is 10.2. The number of aromatic amines is 2. The van der Waals surface area contributed by atoms with E-state index in [0.717, 1.165) is 12.3 Å². The summed E-state index contributed by atoms with van der Waals surface area (Å²) >= 11 is 0. The Morgan fingerprint density at radius 3 is 2.77 bits per heavy atom. The molecule has 0 aliphatic rings. The number of rotatable bonds is 3. The smallest absolute Gasteiger partial charge is 0.306 e. The van der Waals surface area contributed by atoms with Crippen molar-refractivity contribution in [1.29, 1.82) is 0 Å². The molecule has 0 aliphatic heterocycles. The maximum Gasteiger partial charge on any atom is 0.326 e. The van der Waals surface area contributed by atoms with E-state index < -0.39 is 11.2 Å². The topological polar surface area (TPSA) is 107 Å². The van der Waals surface area contributed by atoms with Crippen LogP contribution in [0, 0.1) is 0 Å². The van der Waals surface area contributed by atoms with Gasteiger partial charge in [0.2, 0.25) is 6.41 Å². The SMILES string of the molecule is O=CN/N=C/c1cc(=O)[nH]c(=O)[nH]1. The molecule has 68 valence electrons. The van der Waals surface area contributed by atoms with Crippen LogP contribution in [-0.2, 0) is 4.79 Å². The van der Waals surface area contributed by atoms with Gasteiger partial charge < -0.3 is 4.98 Å².